The number of rotatable bonds is 2. The minimum absolute atomic E-state index is 0. The molecule has 0 aromatic carbocycles. The van der Waals surface area contributed by atoms with Gasteiger partial charge in [-0.2, -0.15) is 0 Å². The van der Waals surface area contributed by atoms with Gasteiger partial charge in [-0.05, 0) is 11.1 Å². The van der Waals surface area contributed by atoms with E-state index < -0.39 is 0 Å². The zero-order valence-electron chi connectivity index (χ0n) is 6.06. The van der Waals surface area contributed by atoms with Gasteiger partial charge in [0.15, 0.2) is 0 Å². The molecular formula is C6H13Br2N. The lowest BCUT2D eigenvalue weighted by Gasteiger charge is -2.21. The van der Waals surface area contributed by atoms with Gasteiger partial charge >= 0.3 is 0 Å². The van der Waals surface area contributed by atoms with Crippen LogP contribution in [0.5, 0.6) is 0 Å². The Bertz CT molecular complexity index is 83.5. The zero-order chi connectivity index (χ0) is 6.62. The summed E-state index contributed by atoms with van der Waals surface area (Å²) in [6.45, 7) is 1.07. The van der Waals surface area contributed by atoms with Crippen LogP contribution in [-0.4, -0.2) is 32.2 Å². The Hall–Kier alpha value is 0.660. The number of nitrogens with zero attached hydrogens (tertiary/aromatic N) is 1. The van der Waals surface area contributed by atoms with Crippen LogP contribution >= 0.6 is 15.9 Å². The molecule has 0 rings (SSSR count). The fourth-order valence-electron chi connectivity index (χ4n) is 0.356. The summed E-state index contributed by atoms with van der Waals surface area (Å²) >= 11 is 3.21. The van der Waals surface area contributed by atoms with Crippen LogP contribution in [0, 0.1) is 0 Å². The van der Waals surface area contributed by atoms with Gasteiger partial charge in [-0.25, -0.2) is 0 Å². The van der Waals surface area contributed by atoms with Crippen molar-refractivity contribution in [3.8, 4) is 0 Å². The second-order valence-corrected chi connectivity index (χ2v) is 3.36. The summed E-state index contributed by atoms with van der Waals surface area (Å²) in [5.41, 5.74) is 0. The lowest BCUT2D eigenvalue weighted by Crippen LogP contribution is -3.00. The molecule has 0 spiro atoms. The lowest BCUT2D eigenvalue weighted by atomic mass is 10.5. The normalized spacial score (nSPS) is 11.6. The minimum Gasteiger partial charge on any atom is -1.00 e. The van der Waals surface area contributed by atoms with Crippen LogP contribution < -0.4 is 17.0 Å². The van der Waals surface area contributed by atoms with Crippen LogP contribution in [0.1, 0.15) is 0 Å². The van der Waals surface area contributed by atoms with E-state index in [1.54, 1.807) is 0 Å². The quantitative estimate of drug-likeness (QED) is 0.535. The first kappa shape index (κ1) is 12.3. The maximum absolute atomic E-state index is 3.21. The number of likely N-dealkylation sites (N-methyl/N-ethyl adjacent to an activating group) is 1. The Morgan fingerprint density at radius 3 is 1.89 bits per heavy atom. The molecule has 0 fully saturated rings. The highest BCUT2D eigenvalue weighted by Crippen LogP contribution is 1.91. The second-order valence-electron chi connectivity index (χ2n) is 2.83. The summed E-state index contributed by atoms with van der Waals surface area (Å²) < 4.78 is 0.988. The molecule has 9 heavy (non-hydrogen) atoms. The molecule has 0 aromatic rings. The van der Waals surface area contributed by atoms with Crippen molar-refractivity contribution in [3.63, 3.8) is 0 Å². The number of hydrogen-bond acceptors (Lipinski definition) is 0. The van der Waals surface area contributed by atoms with E-state index in [9.17, 15) is 0 Å². The van der Waals surface area contributed by atoms with Gasteiger partial charge < -0.3 is 21.5 Å². The van der Waals surface area contributed by atoms with Crippen molar-refractivity contribution in [2.24, 2.45) is 0 Å². The van der Waals surface area contributed by atoms with Gasteiger partial charge in [0, 0.05) is 0 Å². The SMILES string of the molecule is C[N+](C)(C)CC=CBr.[Br-]. The molecule has 0 atom stereocenters. The molecule has 0 aromatic heterocycles. The summed E-state index contributed by atoms with van der Waals surface area (Å²) in [5, 5.41) is 0. The van der Waals surface area contributed by atoms with Crippen molar-refractivity contribution in [1.82, 2.24) is 0 Å². The van der Waals surface area contributed by atoms with E-state index >= 15 is 0 Å². The Morgan fingerprint density at radius 1 is 1.33 bits per heavy atom. The molecule has 0 aliphatic rings. The van der Waals surface area contributed by atoms with E-state index in [-0.39, 0.29) is 17.0 Å². The smallest absolute Gasteiger partial charge is 0.0975 e. The third-order valence-electron chi connectivity index (χ3n) is 0.742. The van der Waals surface area contributed by atoms with Crippen molar-refractivity contribution in [2.75, 3.05) is 27.7 Å². The molecule has 0 unspecified atom stereocenters. The predicted octanol–water partition coefficient (Wildman–Crippen LogP) is -1.39. The van der Waals surface area contributed by atoms with Gasteiger partial charge in [-0.1, -0.05) is 15.9 Å². The highest BCUT2D eigenvalue weighted by molar-refractivity contribution is 9.11. The van der Waals surface area contributed by atoms with Crippen LogP contribution in [0.15, 0.2) is 11.1 Å². The molecule has 0 aliphatic heterocycles. The van der Waals surface area contributed by atoms with E-state index in [2.05, 4.69) is 43.1 Å². The van der Waals surface area contributed by atoms with Gasteiger partial charge in [-0.15, -0.1) is 0 Å². The van der Waals surface area contributed by atoms with E-state index in [1.807, 2.05) is 4.99 Å². The second kappa shape index (κ2) is 5.45. The summed E-state index contributed by atoms with van der Waals surface area (Å²) in [5.74, 6) is 0. The van der Waals surface area contributed by atoms with Gasteiger partial charge in [0.2, 0.25) is 0 Å². The fourth-order valence-corrected chi connectivity index (χ4v) is 0.523. The Kier molecular flexibility index (Phi) is 7.47. The average molecular weight is 259 g/mol. The van der Waals surface area contributed by atoms with E-state index in [0.29, 0.717) is 0 Å². The van der Waals surface area contributed by atoms with Crippen LogP contribution in [0.4, 0.5) is 0 Å². The van der Waals surface area contributed by atoms with Gasteiger partial charge in [0.1, 0.15) is 0 Å². The molecular weight excluding hydrogens is 246 g/mol. The highest BCUT2D eigenvalue weighted by atomic mass is 79.9. The van der Waals surface area contributed by atoms with Crippen LogP contribution in [0.3, 0.4) is 0 Å². The molecule has 0 N–H and O–H groups in total. The Balaban J connectivity index is 0. The largest absolute Gasteiger partial charge is 1.00 e. The third kappa shape index (κ3) is 12.0. The topological polar surface area (TPSA) is 0 Å². The zero-order valence-corrected chi connectivity index (χ0v) is 9.24. The number of quaternary nitrogens is 1. The van der Waals surface area contributed by atoms with E-state index in [0.717, 1.165) is 11.0 Å². The van der Waals surface area contributed by atoms with Crippen LogP contribution in [-0.2, 0) is 0 Å². The van der Waals surface area contributed by atoms with Gasteiger partial charge in [-0.3, -0.25) is 0 Å². The summed E-state index contributed by atoms with van der Waals surface area (Å²) in [6, 6.07) is 0. The van der Waals surface area contributed by atoms with Crippen LogP contribution in [0.2, 0.25) is 0 Å². The minimum atomic E-state index is 0. The van der Waals surface area contributed by atoms with E-state index in [4.69, 9.17) is 0 Å². The van der Waals surface area contributed by atoms with E-state index in [1.165, 1.54) is 0 Å². The maximum atomic E-state index is 3.21. The molecule has 0 bridgehead atoms. The van der Waals surface area contributed by atoms with Crippen molar-refractivity contribution in [3.05, 3.63) is 11.1 Å². The summed E-state index contributed by atoms with van der Waals surface area (Å²) in [4.78, 5) is 1.90. The van der Waals surface area contributed by atoms with Gasteiger partial charge in [0.25, 0.3) is 0 Å². The van der Waals surface area contributed by atoms with Gasteiger partial charge in [0.05, 0.1) is 27.7 Å². The average Bonchev–Trinajstić information content (AvgIpc) is 1.59. The first-order valence-corrected chi connectivity index (χ1v) is 3.53. The lowest BCUT2D eigenvalue weighted by molar-refractivity contribution is -0.864. The first-order chi connectivity index (χ1) is 3.56. The third-order valence-corrected chi connectivity index (χ3v) is 1.12. The highest BCUT2D eigenvalue weighted by Gasteiger charge is 2.00. The molecule has 0 saturated heterocycles. The number of hydrogen-bond donors (Lipinski definition) is 0. The molecule has 0 amide bonds. The Morgan fingerprint density at radius 2 is 1.78 bits per heavy atom. The molecule has 3 heteroatoms. The molecule has 0 heterocycles. The maximum Gasteiger partial charge on any atom is 0.0975 e. The monoisotopic (exact) mass is 257 g/mol. The predicted molar refractivity (Wildman–Crippen MR) is 41.0 cm³/mol. The number of halogens is 2. The molecule has 0 aliphatic carbocycles. The fraction of sp³-hybridized carbons (Fsp3) is 0.667. The van der Waals surface area contributed by atoms with Crippen LogP contribution in [0.25, 0.3) is 0 Å². The molecule has 56 valence electrons. The molecule has 1 nitrogen and oxygen atoms in total. The standard InChI is InChI=1S/C6H13BrN.BrH/c1-8(2,3)6-4-5-7;/h4-5H,6H2,1-3H3;1H/q+1;/p-1. The Labute approximate surface area is 76.2 Å². The molecule has 0 saturated carbocycles. The van der Waals surface area contributed by atoms with Crippen molar-refractivity contribution in [1.29, 1.82) is 0 Å². The molecule has 0 radical (unpaired) electrons. The van der Waals surface area contributed by atoms with Crippen molar-refractivity contribution < 1.29 is 21.5 Å². The first-order valence-electron chi connectivity index (χ1n) is 2.62. The van der Waals surface area contributed by atoms with Crippen molar-refractivity contribution in [2.45, 2.75) is 0 Å². The summed E-state index contributed by atoms with van der Waals surface area (Å²) in [7, 11) is 6.48. The van der Waals surface area contributed by atoms with Crippen molar-refractivity contribution >= 4 is 15.9 Å². The summed E-state index contributed by atoms with van der Waals surface area (Å²) in [6.07, 6.45) is 2.10.